The van der Waals surface area contributed by atoms with Crippen LogP contribution in [0.5, 0.6) is 0 Å². The lowest BCUT2D eigenvalue weighted by molar-refractivity contribution is -0.399. The van der Waals surface area contributed by atoms with E-state index >= 15 is 0 Å². The molecule has 1 aliphatic carbocycles. The first-order valence-corrected chi connectivity index (χ1v) is 6.29. The van der Waals surface area contributed by atoms with E-state index in [0.717, 1.165) is 12.1 Å². The molecule has 0 nitrogen and oxygen atoms in total. The zero-order valence-corrected chi connectivity index (χ0v) is 11.2. The van der Waals surface area contributed by atoms with E-state index in [1.807, 2.05) is 0 Å². The molecular formula is C14H9F9. The quantitative estimate of drug-likeness (QED) is 0.619. The second-order valence-corrected chi connectivity index (χ2v) is 5.09. The van der Waals surface area contributed by atoms with Crippen LogP contribution in [0.3, 0.4) is 0 Å². The number of fused-ring (bicyclic) bond motifs is 1. The summed E-state index contributed by atoms with van der Waals surface area (Å²) < 4.78 is 117. The van der Waals surface area contributed by atoms with E-state index in [1.165, 1.54) is 24.3 Å². The van der Waals surface area contributed by atoms with Gasteiger partial charge in [0.2, 0.25) is 0 Å². The fourth-order valence-electron chi connectivity index (χ4n) is 2.39. The van der Waals surface area contributed by atoms with E-state index in [-0.39, 0.29) is 5.56 Å². The molecule has 128 valence electrons. The van der Waals surface area contributed by atoms with Crippen molar-refractivity contribution in [3.8, 4) is 0 Å². The molecule has 0 radical (unpaired) electrons. The van der Waals surface area contributed by atoms with E-state index in [0.29, 0.717) is 0 Å². The first-order valence-electron chi connectivity index (χ1n) is 6.29. The molecular weight excluding hydrogens is 339 g/mol. The Hall–Kier alpha value is -1.67. The average Bonchev–Trinajstić information content (AvgIpc) is 2.45. The zero-order chi connectivity index (χ0) is 17.7. The molecule has 1 atom stereocenters. The Labute approximate surface area is 124 Å². The smallest absolute Gasteiger partial charge is 0.199 e. The Kier molecular flexibility index (Phi) is 3.97. The highest BCUT2D eigenvalue weighted by molar-refractivity contribution is 5.58. The van der Waals surface area contributed by atoms with E-state index in [4.69, 9.17) is 0 Å². The van der Waals surface area contributed by atoms with Crippen molar-refractivity contribution in [1.29, 1.82) is 0 Å². The van der Waals surface area contributed by atoms with Crippen LogP contribution in [0.15, 0.2) is 30.3 Å². The molecule has 0 bridgehead atoms. The van der Waals surface area contributed by atoms with Crippen LogP contribution in [0.25, 0.3) is 6.08 Å². The van der Waals surface area contributed by atoms with Crippen LogP contribution in [-0.2, 0) is 0 Å². The van der Waals surface area contributed by atoms with Crippen LogP contribution in [0.2, 0.25) is 0 Å². The topological polar surface area (TPSA) is 0 Å². The van der Waals surface area contributed by atoms with Crippen molar-refractivity contribution in [3.05, 3.63) is 41.5 Å². The Bertz CT molecular complexity index is 613. The molecule has 0 saturated heterocycles. The number of hydrogen-bond donors (Lipinski definition) is 0. The van der Waals surface area contributed by atoms with Gasteiger partial charge in [0.25, 0.3) is 0 Å². The molecule has 2 rings (SSSR count). The van der Waals surface area contributed by atoms with Crippen molar-refractivity contribution in [2.75, 3.05) is 0 Å². The molecule has 1 aromatic carbocycles. The molecule has 0 aliphatic heterocycles. The fourth-order valence-corrected chi connectivity index (χ4v) is 2.39. The minimum Gasteiger partial charge on any atom is -0.199 e. The number of halogens is 9. The lowest BCUT2D eigenvalue weighted by Gasteiger charge is -2.38. The van der Waals surface area contributed by atoms with Crippen LogP contribution in [-0.4, -0.2) is 23.9 Å². The van der Waals surface area contributed by atoms with Gasteiger partial charge in [-0.15, -0.1) is 0 Å². The van der Waals surface area contributed by atoms with Gasteiger partial charge in [0.05, 0.1) is 5.92 Å². The fraction of sp³-hybridized carbons (Fsp3) is 0.429. The van der Waals surface area contributed by atoms with Crippen molar-refractivity contribution < 1.29 is 39.5 Å². The normalized spacial score (nSPS) is 19.6. The summed E-state index contributed by atoms with van der Waals surface area (Å²) in [6, 6.07) is 4.88. The minimum absolute atomic E-state index is 0.0644. The van der Waals surface area contributed by atoms with Gasteiger partial charge < -0.3 is 0 Å². The Morgan fingerprint density at radius 1 is 0.783 bits per heavy atom. The summed E-state index contributed by atoms with van der Waals surface area (Å²) in [5.74, 6) is -21.6. The molecule has 1 aliphatic rings. The van der Waals surface area contributed by atoms with Gasteiger partial charge in [0.1, 0.15) is 0 Å². The Morgan fingerprint density at radius 2 is 1.35 bits per heavy atom. The van der Waals surface area contributed by atoms with Crippen LogP contribution in [0.1, 0.15) is 23.5 Å². The minimum atomic E-state index is -6.86. The predicted molar refractivity (Wildman–Crippen MR) is 63.7 cm³/mol. The summed E-state index contributed by atoms with van der Waals surface area (Å²) >= 11 is 0. The van der Waals surface area contributed by atoms with Crippen molar-refractivity contribution >= 4 is 6.08 Å². The SMILES string of the molecule is FC(F)(F)C(F)(F)C(F)(F)C(F)(F)C1CC=Cc2ccccc21. The van der Waals surface area contributed by atoms with Crippen LogP contribution < -0.4 is 0 Å². The predicted octanol–water partition coefficient (Wildman–Crippen LogP) is 5.66. The third-order valence-corrected chi connectivity index (χ3v) is 3.65. The van der Waals surface area contributed by atoms with Gasteiger partial charge in [0.15, 0.2) is 0 Å². The summed E-state index contributed by atoms with van der Waals surface area (Å²) in [5, 5.41) is 0. The number of alkyl halides is 9. The molecule has 1 aromatic rings. The highest BCUT2D eigenvalue weighted by atomic mass is 19.4. The standard InChI is InChI=1S/C14H9F9/c15-11(16,12(17,18)13(19,20)14(21,22)23)10-7-3-5-8-4-1-2-6-9(8)10/h1-6,10H,7H2. The van der Waals surface area contributed by atoms with Gasteiger partial charge in [-0.3, -0.25) is 0 Å². The summed E-state index contributed by atoms with van der Waals surface area (Å²) in [5.41, 5.74) is -0.341. The van der Waals surface area contributed by atoms with Crippen molar-refractivity contribution in [1.82, 2.24) is 0 Å². The summed E-state index contributed by atoms with van der Waals surface area (Å²) in [6.07, 6.45) is -5.25. The molecule has 0 heterocycles. The molecule has 23 heavy (non-hydrogen) atoms. The van der Waals surface area contributed by atoms with Crippen LogP contribution in [0.4, 0.5) is 39.5 Å². The molecule has 1 unspecified atom stereocenters. The van der Waals surface area contributed by atoms with Crippen LogP contribution in [0, 0.1) is 0 Å². The lowest BCUT2D eigenvalue weighted by atomic mass is 9.79. The average molecular weight is 348 g/mol. The summed E-state index contributed by atoms with van der Waals surface area (Å²) in [7, 11) is 0. The third-order valence-electron chi connectivity index (χ3n) is 3.65. The Balaban J connectivity index is 2.52. The molecule has 0 N–H and O–H groups in total. The van der Waals surface area contributed by atoms with E-state index < -0.39 is 41.8 Å². The van der Waals surface area contributed by atoms with E-state index in [9.17, 15) is 39.5 Å². The number of rotatable bonds is 3. The molecule has 0 fully saturated rings. The highest BCUT2D eigenvalue weighted by Gasteiger charge is 2.82. The monoisotopic (exact) mass is 348 g/mol. The number of allylic oxidation sites excluding steroid dienone is 1. The van der Waals surface area contributed by atoms with E-state index in [1.54, 1.807) is 0 Å². The maximum atomic E-state index is 14.0. The first kappa shape index (κ1) is 17.7. The second-order valence-electron chi connectivity index (χ2n) is 5.09. The third kappa shape index (κ3) is 2.49. The molecule has 9 heteroatoms. The summed E-state index contributed by atoms with van der Waals surface area (Å²) in [4.78, 5) is 0. The zero-order valence-electron chi connectivity index (χ0n) is 11.2. The first-order chi connectivity index (χ1) is 10.3. The second kappa shape index (κ2) is 5.17. The van der Waals surface area contributed by atoms with Crippen LogP contribution >= 0.6 is 0 Å². The maximum absolute atomic E-state index is 14.0. The lowest BCUT2D eigenvalue weighted by Crippen LogP contribution is -2.62. The van der Waals surface area contributed by atoms with Crippen molar-refractivity contribution in [2.45, 2.75) is 36.3 Å². The van der Waals surface area contributed by atoms with Crippen molar-refractivity contribution in [2.24, 2.45) is 0 Å². The number of hydrogen-bond acceptors (Lipinski definition) is 0. The maximum Gasteiger partial charge on any atom is 0.460 e. The van der Waals surface area contributed by atoms with Gasteiger partial charge in [0, 0.05) is 0 Å². The van der Waals surface area contributed by atoms with Gasteiger partial charge in [-0.25, -0.2) is 0 Å². The molecule has 0 saturated carbocycles. The molecule has 0 aromatic heterocycles. The van der Waals surface area contributed by atoms with E-state index in [2.05, 4.69) is 0 Å². The van der Waals surface area contributed by atoms with Gasteiger partial charge in [-0.1, -0.05) is 36.4 Å². The molecule has 0 amide bonds. The largest absolute Gasteiger partial charge is 0.460 e. The highest BCUT2D eigenvalue weighted by Crippen LogP contribution is 2.58. The van der Waals surface area contributed by atoms with Crippen molar-refractivity contribution in [3.63, 3.8) is 0 Å². The Morgan fingerprint density at radius 3 is 1.91 bits per heavy atom. The summed E-state index contributed by atoms with van der Waals surface area (Å²) in [6.45, 7) is 0. The van der Waals surface area contributed by atoms with Gasteiger partial charge >= 0.3 is 23.9 Å². The molecule has 0 spiro atoms. The van der Waals surface area contributed by atoms with Gasteiger partial charge in [-0.2, -0.15) is 39.5 Å². The van der Waals surface area contributed by atoms with Gasteiger partial charge in [-0.05, 0) is 17.5 Å². The number of benzene rings is 1.